The Hall–Kier alpha value is -4.63. The number of aliphatic carboxylic acids is 1. The lowest BCUT2D eigenvalue weighted by molar-refractivity contribution is -0.135. The van der Waals surface area contributed by atoms with Crippen molar-refractivity contribution in [2.45, 2.75) is 38.6 Å². The average molecular weight is 613 g/mol. The van der Waals surface area contributed by atoms with Gasteiger partial charge in [0.15, 0.2) is 0 Å². The van der Waals surface area contributed by atoms with Crippen LogP contribution in [0.4, 0.5) is 5.69 Å². The van der Waals surface area contributed by atoms with Gasteiger partial charge in [-0.15, -0.1) is 0 Å². The Morgan fingerprint density at radius 3 is 2.77 bits per heavy atom. The third kappa shape index (κ3) is 6.33. The van der Waals surface area contributed by atoms with Crippen molar-refractivity contribution in [1.82, 2.24) is 15.1 Å². The number of aromatic nitrogens is 2. The molecule has 2 atom stereocenters. The number of carboxylic acid groups (broad SMARTS) is 1. The van der Waals surface area contributed by atoms with Crippen LogP contribution in [0, 0.1) is 12.8 Å². The van der Waals surface area contributed by atoms with Crippen LogP contribution in [0.5, 0.6) is 5.75 Å². The molecule has 2 heterocycles. The summed E-state index contributed by atoms with van der Waals surface area (Å²) in [5.74, 6) is 0.206. The number of rotatable bonds is 11. The van der Waals surface area contributed by atoms with Crippen LogP contribution in [0.2, 0.25) is 5.02 Å². The van der Waals surface area contributed by atoms with Crippen molar-refractivity contribution in [3.05, 3.63) is 100 Å². The molecular formula is C34H33ClN4O5. The van der Waals surface area contributed by atoms with E-state index in [4.69, 9.17) is 21.4 Å². The topological polar surface area (TPSA) is 114 Å². The first-order valence-electron chi connectivity index (χ1n) is 14.7. The van der Waals surface area contributed by atoms with Crippen molar-refractivity contribution in [2.24, 2.45) is 5.92 Å². The van der Waals surface area contributed by atoms with Gasteiger partial charge in [0.05, 0.1) is 19.3 Å². The number of hydrogen-bond acceptors (Lipinski definition) is 5. The molecule has 0 unspecified atom stereocenters. The van der Waals surface area contributed by atoms with Crippen molar-refractivity contribution >= 4 is 35.1 Å². The fourth-order valence-electron chi connectivity index (χ4n) is 5.93. The highest BCUT2D eigenvalue weighted by molar-refractivity contribution is 6.31. The molecule has 6 rings (SSSR count). The predicted molar refractivity (Wildman–Crippen MR) is 167 cm³/mol. The van der Waals surface area contributed by atoms with Crippen LogP contribution >= 0.6 is 11.6 Å². The van der Waals surface area contributed by atoms with Crippen LogP contribution in [0.25, 0.3) is 11.1 Å². The van der Waals surface area contributed by atoms with Crippen molar-refractivity contribution in [2.75, 3.05) is 24.6 Å². The molecule has 0 spiro atoms. The second kappa shape index (κ2) is 12.5. The fourth-order valence-corrected chi connectivity index (χ4v) is 6.10. The molecule has 4 aromatic rings. The van der Waals surface area contributed by atoms with E-state index < -0.39 is 18.4 Å². The SMILES string of the molecule is Cc1c(Cl)cccc1OCCCC(=O)N1C[C@@H]2C[C@@H]2c2c(-c3cnn(Cc4cccc(C(=O)NCC(=O)O)c4)c3)cccc21. The van der Waals surface area contributed by atoms with Gasteiger partial charge < -0.3 is 20.1 Å². The highest BCUT2D eigenvalue weighted by Crippen LogP contribution is 2.57. The Morgan fingerprint density at radius 1 is 1.11 bits per heavy atom. The van der Waals surface area contributed by atoms with Crippen molar-refractivity contribution in [3.63, 3.8) is 0 Å². The lowest BCUT2D eigenvalue weighted by atomic mass is 9.92. The lowest BCUT2D eigenvalue weighted by Gasteiger charge is -2.30. The number of fused-ring (bicyclic) bond motifs is 3. The maximum Gasteiger partial charge on any atom is 0.322 e. The first-order valence-corrected chi connectivity index (χ1v) is 15.1. The van der Waals surface area contributed by atoms with E-state index in [9.17, 15) is 14.4 Å². The van der Waals surface area contributed by atoms with E-state index in [1.807, 2.05) is 65.3 Å². The number of ether oxygens (including phenoxy) is 1. The Bertz CT molecular complexity index is 1730. The number of nitrogens with zero attached hydrogens (tertiary/aromatic N) is 3. The lowest BCUT2D eigenvalue weighted by Crippen LogP contribution is -2.36. The van der Waals surface area contributed by atoms with E-state index in [-0.39, 0.29) is 5.91 Å². The van der Waals surface area contributed by atoms with Crippen molar-refractivity contribution in [1.29, 1.82) is 0 Å². The molecule has 226 valence electrons. The van der Waals surface area contributed by atoms with Crippen LogP contribution in [0.3, 0.4) is 0 Å². The van der Waals surface area contributed by atoms with Gasteiger partial charge in [-0.1, -0.05) is 41.9 Å². The van der Waals surface area contributed by atoms with Gasteiger partial charge in [0, 0.05) is 46.6 Å². The van der Waals surface area contributed by atoms with E-state index in [2.05, 4.69) is 16.5 Å². The molecule has 2 N–H and O–H groups in total. The zero-order valence-corrected chi connectivity index (χ0v) is 25.1. The molecule has 9 nitrogen and oxygen atoms in total. The number of carbonyl (C=O) groups is 3. The summed E-state index contributed by atoms with van der Waals surface area (Å²) >= 11 is 6.20. The van der Waals surface area contributed by atoms with Gasteiger partial charge >= 0.3 is 5.97 Å². The van der Waals surface area contributed by atoms with Gasteiger partial charge in [-0.3, -0.25) is 19.1 Å². The molecule has 0 saturated heterocycles. The number of anilines is 1. The summed E-state index contributed by atoms with van der Waals surface area (Å²) in [5.41, 5.74) is 6.40. The number of benzene rings is 3. The normalized spacial score (nSPS) is 16.5. The second-order valence-electron chi connectivity index (χ2n) is 11.4. The summed E-state index contributed by atoms with van der Waals surface area (Å²) in [6.45, 7) is 3.11. The molecule has 0 bridgehead atoms. The van der Waals surface area contributed by atoms with Crippen molar-refractivity contribution < 1.29 is 24.2 Å². The summed E-state index contributed by atoms with van der Waals surface area (Å²) < 4.78 is 7.73. The van der Waals surface area contributed by atoms with Crippen LogP contribution < -0.4 is 15.0 Å². The summed E-state index contributed by atoms with van der Waals surface area (Å²) in [6.07, 6.45) is 5.90. The number of nitrogens with one attached hydrogen (secondary N) is 1. The molecular weight excluding hydrogens is 580 g/mol. The van der Waals surface area contributed by atoms with Crippen LogP contribution in [0.15, 0.2) is 73.1 Å². The number of hydrogen-bond donors (Lipinski definition) is 2. The smallest absolute Gasteiger partial charge is 0.322 e. The summed E-state index contributed by atoms with van der Waals surface area (Å²) in [5, 5.41) is 16.5. The van der Waals surface area contributed by atoms with Gasteiger partial charge in [0.1, 0.15) is 12.3 Å². The monoisotopic (exact) mass is 612 g/mol. The van der Waals surface area contributed by atoms with Gasteiger partial charge in [-0.25, -0.2) is 0 Å². The Kier molecular flexibility index (Phi) is 8.39. The maximum atomic E-state index is 13.4. The average Bonchev–Trinajstić information content (AvgIpc) is 3.67. The first kappa shape index (κ1) is 29.4. The predicted octanol–water partition coefficient (Wildman–Crippen LogP) is 5.68. The van der Waals surface area contributed by atoms with Crippen molar-refractivity contribution in [3.8, 4) is 16.9 Å². The van der Waals surface area contributed by atoms with E-state index in [0.717, 1.165) is 46.7 Å². The maximum absolute atomic E-state index is 13.4. The van der Waals surface area contributed by atoms with Crippen LogP contribution in [-0.4, -0.2) is 52.4 Å². The molecule has 10 heteroatoms. The highest BCUT2D eigenvalue weighted by Gasteiger charge is 2.47. The molecule has 1 saturated carbocycles. The third-order valence-corrected chi connectivity index (χ3v) is 8.68. The Balaban J connectivity index is 1.13. The first-order chi connectivity index (χ1) is 21.3. The van der Waals surface area contributed by atoms with Gasteiger partial charge in [0.2, 0.25) is 5.91 Å². The zero-order valence-electron chi connectivity index (χ0n) is 24.3. The summed E-state index contributed by atoms with van der Waals surface area (Å²) in [6, 6.07) is 18.8. The molecule has 0 radical (unpaired) electrons. The number of carbonyl (C=O) groups excluding carboxylic acids is 2. The number of carboxylic acids is 1. The minimum Gasteiger partial charge on any atom is -0.493 e. The molecule has 2 aliphatic rings. The summed E-state index contributed by atoms with van der Waals surface area (Å²) in [4.78, 5) is 38.5. The summed E-state index contributed by atoms with van der Waals surface area (Å²) in [7, 11) is 0. The molecule has 1 fully saturated rings. The van der Waals surface area contributed by atoms with E-state index in [0.29, 0.717) is 48.4 Å². The van der Waals surface area contributed by atoms with E-state index in [1.165, 1.54) is 5.56 Å². The largest absolute Gasteiger partial charge is 0.493 e. The molecule has 1 aliphatic carbocycles. The number of halogens is 1. The highest BCUT2D eigenvalue weighted by atomic mass is 35.5. The molecule has 1 aromatic heterocycles. The zero-order chi connectivity index (χ0) is 30.8. The molecule has 44 heavy (non-hydrogen) atoms. The van der Waals surface area contributed by atoms with Gasteiger partial charge in [-0.2, -0.15) is 5.10 Å². The standard InChI is InChI=1S/C34H33ClN4O5/c1-21-28(35)9-4-11-30(21)44-13-5-12-31(40)39-20-24-15-27(24)33-26(8-3-10-29(33)39)25-16-37-38(19-25)18-22-6-2-7-23(14-22)34(43)36-17-32(41)42/h2-4,6-11,14,16,19,24,27H,5,12-13,15,17-18,20H2,1H3,(H,36,43)(H,41,42)/t24-,27-/m0/s1. The number of amides is 2. The third-order valence-electron chi connectivity index (χ3n) is 8.27. The second-order valence-corrected chi connectivity index (χ2v) is 11.8. The molecule has 1 aliphatic heterocycles. The minimum atomic E-state index is -1.10. The van der Waals surface area contributed by atoms with E-state index >= 15 is 0 Å². The Morgan fingerprint density at radius 2 is 1.93 bits per heavy atom. The minimum absolute atomic E-state index is 0.100. The Labute approximate surface area is 260 Å². The van der Waals surface area contributed by atoms with Crippen LogP contribution in [0.1, 0.15) is 52.2 Å². The fraction of sp³-hybridized carbons (Fsp3) is 0.294. The van der Waals surface area contributed by atoms with Gasteiger partial charge in [0.25, 0.3) is 5.91 Å². The molecule has 3 aromatic carbocycles. The van der Waals surface area contributed by atoms with Crippen LogP contribution in [-0.2, 0) is 16.1 Å². The molecule has 2 amide bonds. The van der Waals surface area contributed by atoms with Gasteiger partial charge in [-0.05, 0) is 78.6 Å². The quantitative estimate of drug-likeness (QED) is 0.211. The van der Waals surface area contributed by atoms with E-state index in [1.54, 1.807) is 18.2 Å².